The van der Waals surface area contributed by atoms with Crippen molar-refractivity contribution >= 4 is 23.6 Å². The summed E-state index contributed by atoms with van der Waals surface area (Å²) in [5.41, 5.74) is 0. The van der Waals surface area contributed by atoms with E-state index in [4.69, 9.17) is 4.74 Å². The third-order valence-electron chi connectivity index (χ3n) is 12.7. The Balaban J connectivity index is 1.37. The summed E-state index contributed by atoms with van der Waals surface area (Å²) in [5, 5.41) is 12.6. The first-order valence-corrected chi connectivity index (χ1v) is 20.8. The Hall–Kier alpha value is -2.24. The average molecular weight is 715 g/mol. The van der Waals surface area contributed by atoms with Crippen molar-refractivity contribution in [3.8, 4) is 0 Å². The van der Waals surface area contributed by atoms with Crippen LogP contribution in [0, 0.1) is 17.8 Å². The largest absolute Gasteiger partial charge is 0.375 e. The molecule has 51 heavy (non-hydrogen) atoms. The number of nitrogens with one attached hydrogen (secondary N) is 4. The van der Waals surface area contributed by atoms with Gasteiger partial charge in [-0.15, -0.1) is 0 Å². The molecule has 0 spiro atoms. The van der Waals surface area contributed by atoms with Crippen molar-refractivity contribution in [1.82, 2.24) is 31.1 Å². The molecule has 5 fully saturated rings. The van der Waals surface area contributed by atoms with E-state index in [0.29, 0.717) is 50.7 Å². The van der Waals surface area contributed by atoms with Crippen molar-refractivity contribution < 1.29 is 23.9 Å². The van der Waals surface area contributed by atoms with Crippen LogP contribution < -0.4 is 21.3 Å². The Kier molecular flexibility index (Phi) is 15.9. The number of hydrogen-bond donors (Lipinski definition) is 4. The minimum Gasteiger partial charge on any atom is -0.375 e. The Bertz CT molecular complexity index is 1130. The molecular formula is C40H70N6O5. The molecule has 5 rings (SSSR count). The fourth-order valence-electron chi connectivity index (χ4n) is 9.59. The van der Waals surface area contributed by atoms with Crippen LogP contribution in [0.25, 0.3) is 0 Å². The minimum absolute atomic E-state index is 0.134. The van der Waals surface area contributed by atoms with Crippen LogP contribution in [0.4, 0.5) is 0 Å². The summed E-state index contributed by atoms with van der Waals surface area (Å²) in [6.07, 6.45) is 20.4. The topological polar surface area (TPSA) is 132 Å². The molecule has 3 saturated carbocycles. The van der Waals surface area contributed by atoms with E-state index in [1.165, 1.54) is 25.7 Å². The lowest BCUT2D eigenvalue weighted by Crippen LogP contribution is -2.58. The molecule has 3 aliphatic carbocycles. The molecule has 2 heterocycles. The molecule has 8 atom stereocenters. The highest BCUT2D eigenvalue weighted by atomic mass is 16.5. The van der Waals surface area contributed by atoms with Gasteiger partial charge in [-0.1, -0.05) is 64.2 Å². The van der Waals surface area contributed by atoms with Crippen LogP contribution >= 0.6 is 0 Å². The zero-order valence-corrected chi connectivity index (χ0v) is 32.1. The van der Waals surface area contributed by atoms with Crippen LogP contribution in [0.5, 0.6) is 0 Å². The molecule has 4 bridgehead atoms. The molecule has 290 valence electrons. The number of fused-ring (bicyclic) bond motifs is 4. The lowest BCUT2D eigenvalue weighted by molar-refractivity contribution is -0.135. The number of amides is 4. The van der Waals surface area contributed by atoms with Crippen LogP contribution in [0.2, 0.25) is 0 Å². The van der Waals surface area contributed by atoms with E-state index >= 15 is 0 Å². The van der Waals surface area contributed by atoms with Crippen molar-refractivity contribution in [2.45, 2.75) is 171 Å². The van der Waals surface area contributed by atoms with Crippen LogP contribution in [0.1, 0.15) is 135 Å². The van der Waals surface area contributed by atoms with Crippen LogP contribution in [-0.2, 0) is 23.9 Å². The third kappa shape index (κ3) is 13.0. The Morgan fingerprint density at radius 2 is 1.47 bits per heavy atom. The van der Waals surface area contributed by atoms with Crippen molar-refractivity contribution in [3.63, 3.8) is 0 Å². The fourth-order valence-corrected chi connectivity index (χ4v) is 9.59. The van der Waals surface area contributed by atoms with E-state index in [1.807, 2.05) is 19.0 Å². The molecule has 4 N–H and O–H groups in total. The molecule has 4 amide bonds. The highest BCUT2D eigenvalue weighted by Crippen LogP contribution is 2.35. The smallest absolute Gasteiger partial charge is 0.243 e. The number of hydrogen-bond acceptors (Lipinski definition) is 7. The van der Waals surface area contributed by atoms with Gasteiger partial charge in [-0.2, -0.15) is 0 Å². The number of likely N-dealkylation sites (N-methyl/N-ethyl adjacent to an activating group) is 1. The van der Waals surface area contributed by atoms with Crippen molar-refractivity contribution in [3.05, 3.63) is 0 Å². The van der Waals surface area contributed by atoms with Gasteiger partial charge in [0, 0.05) is 25.6 Å². The predicted molar refractivity (Wildman–Crippen MR) is 200 cm³/mol. The summed E-state index contributed by atoms with van der Waals surface area (Å²) < 4.78 is 6.78. The number of rotatable bonds is 10. The van der Waals surface area contributed by atoms with Gasteiger partial charge < -0.3 is 35.8 Å². The van der Waals surface area contributed by atoms with E-state index in [0.717, 1.165) is 90.0 Å². The highest BCUT2D eigenvalue weighted by Gasteiger charge is 2.36. The minimum atomic E-state index is -0.769. The zero-order valence-electron chi connectivity index (χ0n) is 32.1. The first-order valence-electron chi connectivity index (χ1n) is 20.8. The number of likely N-dealkylation sites (tertiary alicyclic amines) is 1. The molecule has 0 aromatic carbocycles. The van der Waals surface area contributed by atoms with Crippen LogP contribution in [0.3, 0.4) is 0 Å². The SMILES string of the molecule is CN(C)CCC(=O)N[C@H]1CC2CCCC(C2)OC2CCCC(C2)C[C@@H](C(=O)NCC2CCCCN2C)NC(=O)[C@H](CCC2CCCCC2)NC1=O. The second-order valence-electron chi connectivity index (χ2n) is 17.2. The monoisotopic (exact) mass is 715 g/mol. The predicted octanol–water partition coefficient (Wildman–Crippen LogP) is 4.28. The molecule has 11 nitrogen and oxygen atoms in total. The van der Waals surface area contributed by atoms with Gasteiger partial charge in [0.05, 0.1) is 12.2 Å². The normalized spacial score (nSPS) is 33.6. The van der Waals surface area contributed by atoms with Crippen LogP contribution in [0.15, 0.2) is 0 Å². The van der Waals surface area contributed by atoms with E-state index in [1.54, 1.807) is 0 Å². The maximum Gasteiger partial charge on any atom is 0.243 e. The summed E-state index contributed by atoms with van der Waals surface area (Å²) in [6, 6.07) is -1.89. The molecule has 0 aromatic heterocycles. The summed E-state index contributed by atoms with van der Waals surface area (Å²) in [5.74, 6) is 0.192. The number of ether oxygens (including phenoxy) is 1. The van der Waals surface area contributed by atoms with Gasteiger partial charge in [0.2, 0.25) is 23.6 Å². The number of piperidine rings is 1. The molecule has 2 saturated heterocycles. The van der Waals surface area contributed by atoms with Crippen molar-refractivity contribution in [2.75, 3.05) is 40.8 Å². The number of carbonyl (C=O) groups is 4. The lowest BCUT2D eigenvalue weighted by atomic mass is 9.81. The summed E-state index contributed by atoms with van der Waals surface area (Å²) in [7, 11) is 5.99. The number of carbonyl (C=O) groups excluding carboxylic acids is 4. The average Bonchev–Trinajstić information content (AvgIpc) is 3.11. The third-order valence-corrected chi connectivity index (χ3v) is 12.7. The second-order valence-corrected chi connectivity index (χ2v) is 17.2. The Morgan fingerprint density at radius 1 is 0.784 bits per heavy atom. The van der Waals surface area contributed by atoms with Gasteiger partial charge in [0.15, 0.2) is 0 Å². The quantitative estimate of drug-likeness (QED) is 0.266. The van der Waals surface area contributed by atoms with Crippen molar-refractivity contribution in [2.24, 2.45) is 17.8 Å². The maximum absolute atomic E-state index is 14.3. The molecule has 0 radical (unpaired) electrons. The van der Waals surface area contributed by atoms with Crippen molar-refractivity contribution in [1.29, 1.82) is 0 Å². The van der Waals surface area contributed by atoms with E-state index in [9.17, 15) is 19.2 Å². The highest BCUT2D eigenvalue weighted by molar-refractivity contribution is 5.94. The molecule has 5 aliphatic rings. The van der Waals surface area contributed by atoms with Gasteiger partial charge in [-0.05, 0) is 110 Å². The summed E-state index contributed by atoms with van der Waals surface area (Å²) in [4.78, 5) is 59.9. The molecule has 2 aliphatic heterocycles. The molecule has 5 unspecified atom stereocenters. The lowest BCUT2D eigenvalue weighted by Gasteiger charge is -2.38. The van der Waals surface area contributed by atoms with E-state index < -0.39 is 18.1 Å². The van der Waals surface area contributed by atoms with Gasteiger partial charge in [0.25, 0.3) is 0 Å². The molecule has 11 heteroatoms. The fraction of sp³-hybridized carbons (Fsp3) is 0.900. The molecule has 0 aromatic rings. The van der Waals surface area contributed by atoms with E-state index in [-0.39, 0.29) is 47.7 Å². The molecular weight excluding hydrogens is 644 g/mol. The summed E-state index contributed by atoms with van der Waals surface area (Å²) >= 11 is 0. The maximum atomic E-state index is 14.3. The standard InChI is InChI=1S/C40H70N6O5/c1-45(2)22-20-37(47)42-36-26-30-14-10-17-33(24-30)51-32-16-9-13-29(23-32)25-35(38(48)41-27-31-15-7-8-21-46(31)3)44-39(49)34(43-40(36)50)19-18-28-11-5-4-6-12-28/h28-36H,4-27H2,1-3H3,(H,41,48)(H,42,47)(H,43,50)(H,44,49)/t29?,30?,31?,32?,33?,34-,35-,36-/m0/s1. The van der Waals surface area contributed by atoms with Gasteiger partial charge >= 0.3 is 0 Å². The van der Waals surface area contributed by atoms with Gasteiger partial charge in [-0.25, -0.2) is 0 Å². The second kappa shape index (κ2) is 20.3. The Labute approximate surface area is 307 Å². The van der Waals surface area contributed by atoms with Gasteiger partial charge in [-0.3, -0.25) is 19.2 Å². The zero-order chi connectivity index (χ0) is 36.2. The van der Waals surface area contributed by atoms with Gasteiger partial charge in [0.1, 0.15) is 18.1 Å². The Morgan fingerprint density at radius 3 is 2.16 bits per heavy atom. The first kappa shape index (κ1) is 40.0. The number of nitrogens with zero attached hydrogens (tertiary/aromatic N) is 2. The van der Waals surface area contributed by atoms with E-state index in [2.05, 4.69) is 33.2 Å². The first-order chi connectivity index (χ1) is 24.6. The van der Waals surface area contributed by atoms with Crippen LogP contribution in [-0.4, -0.2) is 111 Å². The summed E-state index contributed by atoms with van der Waals surface area (Å²) in [6.45, 7) is 2.19.